The number of hydrogen-bond acceptors (Lipinski definition) is 3. The van der Waals surface area contributed by atoms with Gasteiger partial charge < -0.3 is 10.1 Å². The van der Waals surface area contributed by atoms with E-state index in [2.05, 4.69) is 19.2 Å². The second-order valence-electron chi connectivity index (χ2n) is 5.09. The minimum atomic E-state index is 0.00662. The Labute approximate surface area is 105 Å². The SMILES string of the molecule is CCCCC(CC)COC(=O)C1CCCNC1. The van der Waals surface area contributed by atoms with Crippen molar-refractivity contribution in [2.24, 2.45) is 11.8 Å². The van der Waals surface area contributed by atoms with Gasteiger partial charge in [0, 0.05) is 6.54 Å². The molecule has 1 heterocycles. The molecular weight excluding hydrogens is 214 g/mol. The second kappa shape index (κ2) is 8.51. The van der Waals surface area contributed by atoms with E-state index < -0.39 is 0 Å². The fourth-order valence-electron chi connectivity index (χ4n) is 2.27. The van der Waals surface area contributed by atoms with E-state index in [0.717, 1.165) is 32.4 Å². The summed E-state index contributed by atoms with van der Waals surface area (Å²) in [5, 5.41) is 3.25. The molecule has 0 aliphatic carbocycles. The molecule has 0 saturated carbocycles. The van der Waals surface area contributed by atoms with Crippen LogP contribution < -0.4 is 5.32 Å². The van der Waals surface area contributed by atoms with Gasteiger partial charge in [-0.1, -0.05) is 33.1 Å². The van der Waals surface area contributed by atoms with Crippen molar-refractivity contribution in [1.82, 2.24) is 5.32 Å². The predicted molar refractivity (Wildman–Crippen MR) is 69.9 cm³/mol. The van der Waals surface area contributed by atoms with Crippen LogP contribution in [0.4, 0.5) is 0 Å². The van der Waals surface area contributed by atoms with Crippen molar-refractivity contribution in [3.05, 3.63) is 0 Å². The Hall–Kier alpha value is -0.570. The van der Waals surface area contributed by atoms with Crippen molar-refractivity contribution in [2.45, 2.75) is 52.4 Å². The minimum Gasteiger partial charge on any atom is -0.465 e. The molecule has 17 heavy (non-hydrogen) atoms. The fraction of sp³-hybridized carbons (Fsp3) is 0.929. The number of unbranched alkanes of at least 4 members (excludes halogenated alkanes) is 1. The molecule has 0 aromatic carbocycles. The van der Waals surface area contributed by atoms with Gasteiger partial charge in [0.2, 0.25) is 0 Å². The molecule has 1 aliphatic heterocycles. The van der Waals surface area contributed by atoms with Crippen LogP contribution in [0.2, 0.25) is 0 Å². The number of hydrogen-bond donors (Lipinski definition) is 1. The van der Waals surface area contributed by atoms with Crippen LogP contribution >= 0.6 is 0 Å². The summed E-state index contributed by atoms with van der Waals surface area (Å²) in [5.74, 6) is 0.648. The van der Waals surface area contributed by atoms with Crippen LogP contribution in [-0.4, -0.2) is 25.7 Å². The summed E-state index contributed by atoms with van der Waals surface area (Å²) in [4.78, 5) is 11.8. The van der Waals surface area contributed by atoms with Gasteiger partial charge in [-0.15, -0.1) is 0 Å². The first-order valence-corrected chi connectivity index (χ1v) is 7.15. The van der Waals surface area contributed by atoms with Crippen molar-refractivity contribution in [2.75, 3.05) is 19.7 Å². The highest BCUT2D eigenvalue weighted by atomic mass is 16.5. The van der Waals surface area contributed by atoms with E-state index in [1.807, 2.05) is 0 Å². The zero-order valence-electron chi connectivity index (χ0n) is 11.3. The summed E-state index contributed by atoms with van der Waals surface area (Å²) in [6.45, 7) is 6.83. The maximum absolute atomic E-state index is 11.8. The van der Waals surface area contributed by atoms with Gasteiger partial charge in [0.25, 0.3) is 0 Å². The fourth-order valence-corrected chi connectivity index (χ4v) is 2.27. The Bertz CT molecular complexity index is 212. The van der Waals surface area contributed by atoms with Crippen molar-refractivity contribution in [3.8, 4) is 0 Å². The Morgan fingerprint density at radius 1 is 1.47 bits per heavy atom. The third-order valence-electron chi connectivity index (χ3n) is 3.63. The van der Waals surface area contributed by atoms with Crippen molar-refractivity contribution < 1.29 is 9.53 Å². The van der Waals surface area contributed by atoms with Crippen LogP contribution in [0.1, 0.15) is 52.4 Å². The van der Waals surface area contributed by atoms with Crippen LogP contribution in [-0.2, 0) is 9.53 Å². The number of carbonyl (C=O) groups excluding carboxylic acids is 1. The molecule has 0 radical (unpaired) electrons. The van der Waals surface area contributed by atoms with Crippen LogP contribution in [0.25, 0.3) is 0 Å². The summed E-state index contributed by atoms with van der Waals surface area (Å²) in [5.41, 5.74) is 0. The summed E-state index contributed by atoms with van der Waals surface area (Å²) in [6.07, 6.45) is 6.82. The summed E-state index contributed by atoms with van der Waals surface area (Å²) >= 11 is 0. The van der Waals surface area contributed by atoms with Gasteiger partial charge in [-0.05, 0) is 31.7 Å². The average molecular weight is 241 g/mol. The van der Waals surface area contributed by atoms with Gasteiger partial charge in [0.05, 0.1) is 12.5 Å². The molecule has 0 aromatic rings. The van der Waals surface area contributed by atoms with E-state index in [-0.39, 0.29) is 11.9 Å². The first-order valence-electron chi connectivity index (χ1n) is 7.15. The second-order valence-corrected chi connectivity index (χ2v) is 5.09. The van der Waals surface area contributed by atoms with E-state index in [0.29, 0.717) is 12.5 Å². The molecular formula is C14H27NO2. The molecule has 0 bridgehead atoms. The molecule has 2 atom stereocenters. The number of piperidine rings is 1. The number of carbonyl (C=O) groups is 1. The average Bonchev–Trinajstić information content (AvgIpc) is 2.39. The van der Waals surface area contributed by atoms with Crippen LogP contribution in [0.5, 0.6) is 0 Å². The maximum Gasteiger partial charge on any atom is 0.310 e. The van der Waals surface area contributed by atoms with E-state index in [9.17, 15) is 4.79 Å². The summed E-state index contributed by atoms with van der Waals surface area (Å²) in [6, 6.07) is 0. The number of esters is 1. The molecule has 0 spiro atoms. The third-order valence-corrected chi connectivity index (χ3v) is 3.63. The first kappa shape index (κ1) is 14.5. The Balaban J connectivity index is 2.20. The molecule has 2 unspecified atom stereocenters. The molecule has 100 valence electrons. The van der Waals surface area contributed by atoms with Crippen molar-refractivity contribution >= 4 is 5.97 Å². The van der Waals surface area contributed by atoms with Gasteiger partial charge in [0.15, 0.2) is 0 Å². The molecule has 1 rings (SSSR count). The van der Waals surface area contributed by atoms with E-state index in [1.165, 1.54) is 19.3 Å². The Morgan fingerprint density at radius 2 is 2.29 bits per heavy atom. The molecule has 1 fully saturated rings. The van der Waals surface area contributed by atoms with Crippen molar-refractivity contribution in [1.29, 1.82) is 0 Å². The van der Waals surface area contributed by atoms with Gasteiger partial charge in [0.1, 0.15) is 0 Å². The molecule has 1 saturated heterocycles. The highest BCUT2D eigenvalue weighted by Gasteiger charge is 2.22. The first-order chi connectivity index (χ1) is 8.27. The standard InChI is InChI=1S/C14H27NO2/c1-3-5-7-12(4-2)11-17-14(16)13-8-6-9-15-10-13/h12-13,15H,3-11H2,1-2H3. The molecule has 1 N–H and O–H groups in total. The quantitative estimate of drug-likeness (QED) is 0.697. The Kier molecular flexibility index (Phi) is 7.25. The van der Waals surface area contributed by atoms with Crippen LogP contribution in [0.15, 0.2) is 0 Å². The largest absolute Gasteiger partial charge is 0.465 e. The van der Waals surface area contributed by atoms with Gasteiger partial charge >= 0.3 is 5.97 Å². The normalized spacial score (nSPS) is 22.1. The van der Waals surface area contributed by atoms with Gasteiger partial charge in [-0.25, -0.2) is 0 Å². The zero-order chi connectivity index (χ0) is 12.5. The lowest BCUT2D eigenvalue weighted by molar-refractivity contribution is -0.150. The predicted octanol–water partition coefficient (Wildman–Crippen LogP) is 2.75. The molecule has 1 aliphatic rings. The summed E-state index contributed by atoms with van der Waals surface area (Å²) < 4.78 is 5.45. The van der Waals surface area contributed by atoms with Gasteiger partial charge in [-0.2, -0.15) is 0 Å². The van der Waals surface area contributed by atoms with E-state index in [4.69, 9.17) is 4.74 Å². The van der Waals surface area contributed by atoms with Crippen LogP contribution in [0, 0.1) is 11.8 Å². The molecule has 3 nitrogen and oxygen atoms in total. The molecule has 3 heteroatoms. The van der Waals surface area contributed by atoms with Crippen molar-refractivity contribution in [3.63, 3.8) is 0 Å². The molecule has 0 aromatic heterocycles. The minimum absolute atomic E-state index is 0.00662. The summed E-state index contributed by atoms with van der Waals surface area (Å²) in [7, 11) is 0. The monoisotopic (exact) mass is 241 g/mol. The molecule has 0 amide bonds. The third kappa shape index (κ3) is 5.53. The highest BCUT2D eigenvalue weighted by Crippen LogP contribution is 2.16. The Morgan fingerprint density at radius 3 is 2.88 bits per heavy atom. The van der Waals surface area contributed by atoms with Crippen LogP contribution in [0.3, 0.4) is 0 Å². The van der Waals surface area contributed by atoms with Gasteiger partial charge in [-0.3, -0.25) is 4.79 Å². The topological polar surface area (TPSA) is 38.3 Å². The number of ether oxygens (including phenoxy) is 1. The van der Waals surface area contributed by atoms with E-state index >= 15 is 0 Å². The number of rotatable bonds is 7. The highest BCUT2D eigenvalue weighted by molar-refractivity contribution is 5.72. The van der Waals surface area contributed by atoms with E-state index in [1.54, 1.807) is 0 Å². The lowest BCUT2D eigenvalue weighted by atomic mass is 9.99. The maximum atomic E-state index is 11.8. The number of nitrogens with one attached hydrogen (secondary N) is 1. The zero-order valence-corrected chi connectivity index (χ0v) is 11.3. The smallest absolute Gasteiger partial charge is 0.310 e. The lowest BCUT2D eigenvalue weighted by Crippen LogP contribution is -2.35. The lowest BCUT2D eigenvalue weighted by Gasteiger charge is -2.22.